The molecule has 0 aliphatic heterocycles. The third-order valence-corrected chi connectivity index (χ3v) is 4.71. The van der Waals surface area contributed by atoms with Crippen LogP contribution in [0.25, 0.3) is 0 Å². The maximum atomic E-state index is 11.7. The lowest BCUT2D eigenvalue weighted by atomic mass is 10.3. The monoisotopic (exact) mass is 272 g/mol. The van der Waals surface area contributed by atoms with Crippen molar-refractivity contribution < 1.29 is 4.79 Å². The van der Waals surface area contributed by atoms with E-state index in [4.69, 9.17) is 5.73 Å². The van der Waals surface area contributed by atoms with E-state index in [-0.39, 0.29) is 11.9 Å². The van der Waals surface area contributed by atoms with Crippen LogP contribution in [0.2, 0.25) is 0 Å². The van der Waals surface area contributed by atoms with Crippen molar-refractivity contribution in [3.05, 3.63) is 22.4 Å². The number of thiophene rings is 1. The summed E-state index contributed by atoms with van der Waals surface area (Å²) in [5.41, 5.74) is 5.47. The summed E-state index contributed by atoms with van der Waals surface area (Å²) in [6.07, 6.45) is 0.957. The summed E-state index contributed by atoms with van der Waals surface area (Å²) in [6.45, 7) is 4.80. The molecule has 96 valence electrons. The zero-order valence-electron chi connectivity index (χ0n) is 10.3. The van der Waals surface area contributed by atoms with Crippen LogP contribution in [0.4, 0.5) is 0 Å². The number of amides is 1. The Balaban J connectivity index is 2.25. The highest BCUT2D eigenvalue weighted by Gasteiger charge is 2.11. The smallest absolute Gasteiger partial charge is 0.230 e. The molecule has 17 heavy (non-hydrogen) atoms. The standard InChI is InChI=1S/C12H20N2OS2/c1-9(5-6-13)17-8-12(15)14-10(2)11-4-3-7-16-11/h3-4,7,9-10H,5-6,8,13H2,1-2H3,(H,14,15). The third kappa shape index (κ3) is 5.57. The quantitative estimate of drug-likeness (QED) is 0.801. The number of rotatable bonds is 7. The van der Waals surface area contributed by atoms with Gasteiger partial charge in [-0.25, -0.2) is 0 Å². The maximum absolute atomic E-state index is 11.7. The highest BCUT2D eigenvalue weighted by Crippen LogP contribution is 2.19. The Morgan fingerprint density at radius 3 is 2.94 bits per heavy atom. The van der Waals surface area contributed by atoms with Gasteiger partial charge >= 0.3 is 0 Å². The summed E-state index contributed by atoms with van der Waals surface area (Å²) in [7, 11) is 0. The predicted molar refractivity (Wildman–Crippen MR) is 76.5 cm³/mol. The van der Waals surface area contributed by atoms with Crippen LogP contribution in [0.5, 0.6) is 0 Å². The van der Waals surface area contributed by atoms with Crippen molar-refractivity contribution >= 4 is 29.0 Å². The van der Waals surface area contributed by atoms with Crippen LogP contribution >= 0.6 is 23.1 Å². The summed E-state index contributed by atoms with van der Waals surface area (Å²) in [6, 6.07) is 4.15. The highest BCUT2D eigenvalue weighted by molar-refractivity contribution is 8.00. The minimum Gasteiger partial charge on any atom is -0.348 e. The first kappa shape index (κ1) is 14.5. The number of thioether (sulfide) groups is 1. The van der Waals surface area contributed by atoms with Gasteiger partial charge in [-0.15, -0.1) is 23.1 Å². The van der Waals surface area contributed by atoms with E-state index in [9.17, 15) is 4.79 Å². The van der Waals surface area contributed by atoms with Gasteiger partial charge in [0.1, 0.15) is 0 Å². The fourth-order valence-corrected chi connectivity index (χ4v) is 2.98. The second-order valence-corrected chi connectivity index (χ2v) is 6.41. The van der Waals surface area contributed by atoms with Crippen molar-refractivity contribution in [1.29, 1.82) is 0 Å². The molecule has 0 radical (unpaired) electrons. The van der Waals surface area contributed by atoms with Crippen molar-refractivity contribution in [2.75, 3.05) is 12.3 Å². The lowest BCUT2D eigenvalue weighted by molar-refractivity contribution is -0.119. The van der Waals surface area contributed by atoms with Crippen LogP contribution in [0.15, 0.2) is 17.5 Å². The predicted octanol–water partition coefficient (Wildman–Crippen LogP) is 2.40. The fraction of sp³-hybridized carbons (Fsp3) is 0.583. The molecule has 1 heterocycles. The van der Waals surface area contributed by atoms with Crippen LogP contribution in [0, 0.1) is 0 Å². The van der Waals surface area contributed by atoms with E-state index in [0.29, 0.717) is 17.5 Å². The third-order valence-electron chi connectivity index (χ3n) is 2.42. The summed E-state index contributed by atoms with van der Waals surface area (Å²) < 4.78 is 0. The molecular weight excluding hydrogens is 252 g/mol. The summed E-state index contributed by atoms with van der Waals surface area (Å²) in [4.78, 5) is 12.9. The highest BCUT2D eigenvalue weighted by atomic mass is 32.2. The second kappa shape index (κ2) is 7.74. The molecule has 2 unspecified atom stereocenters. The van der Waals surface area contributed by atoms with Crippen molar-refractivity contribution in [3.63, 3.8) is 0 Å². The van der Waals surface area contributed by atoms with E-state index in [1.807, 2.05) is 24.4 Å². The average Bonchev–Trinajstić information content (AvgIpc) is 2.80. The van der Waals surface area contributed by atoms with Gasteiger partial charge < -0.3 is 11.1 Å². The molecule has 5 heteroatoms. The number of hydrogen-bond acceptors (Lipinski definition) is 4. The molecule has 1 aromatic rings. The zero-order valence-corrected chi connectivity index (χ0v) is 11.9. The molecule has 1 amide bonds. The first-order chi connectivity index (χ1) is 8.13. The van der Waals surface area contributed by atoms with Gasteiger partial charge in [0.25, 0.3) is 0 Å². The number of carbonyl (C=O) groups excluding carboxylic acids is 1. The van der Waals surface area contributed by atoms with Gasteiger partial charge in [0, 0.05) is 10.1 Å². The Labute approximate surface area is 111 Å². The minimum absolute atomic E-state index is 0.0970. The Morgan fingerprint density at radius 2 is 2.35 bits per heavy atom. The lowest BCUT2D eigenvalue weighted by Gasteiger charge is -2.13. The molecule has 0 aromatic carbocycles. The Hall–Kier alpha value is -0.520. The molecule has 0 saturated carbocycles. The molecule has 0 saturated heterocycles. The molecule has 0 bridgehead atoms. The Morgan fingerprint density at radius 1 is 1.59 bits per heavy atom. The van der Waals surface area contributed by atoms with Crippen LogP contribution in [-0.2, 0) is 4.79 Å². The van der Waals surface area contributed by atoms with Crippen molar-refractivity contribution in [2.24, 2.45) is 5.73 Å². The molecule has 0 spiro atoms. The zero-order chi connectivity index (χ0) is 12.7. The van der Waals surface area contributed by atoms with E-state index in [1.165, 1.54) is 4.88 Å². The molecule has 2 atom stereocenters. The number of carbonyl (C=O) groups is 1. The molecular formula is C12H20N2OS2. The molecule has 3 nitrogen and oxygen atoms in total. The minimum atomic E-state index is 0.0970. The molecule has 3 N–H and O–H groups in total. The first-order valence-electron chi connectivity index (χ1n) is 5.78. The van der Waals surface area contributed by atoms with Gasteiger partial charge in [0.2, 0.25) is 5.91 Å². The number of nitrogens with one attached hydrogen (secondary N) is 1. The fourth-order valence-electron chi connectivity index (χ4n) is 1.43. The van der Waals surface area contributed by atoms with E-state index >= 15 is 0 Å². The first-order valence-corrected chi connectivity index (χ1v) is 7.70. The van der Waals surface area contributed by atoms with Crippen LogP contribution in [0.1, 0.15) is 31.2 Å². The van der Waals surface area contributed by atoms with Crippen molar-refractivity contribution in [3.8, 4) is 0 Å². The Kier molecular flexibility index (Phi) is 6.62. The largest absolute Gasteiger partial charge is 0.348 e. The Bertz CT molecular complexity index is 327. The molecule has 0 aliphatic carbocycles. The van der Waals surface area contributed by atoms with Crippen molar-refractivity contribution in [1.82, 2.24) is 5.32 Å². The summed E-state index contributed by atoms with van der Waals surface area (Å²) >= 11 is 3.33. The molecule has 0 fully saturated rings. The van der Waals surface area contributed by atoms with E-state index in [0.717, 1.165) is 6.42 Å². The van der Waals surface area contributed by atoms with Gasteiger partial charge in [0.05, 0.1) is 11.8 Å². The van der Waals surface area contributed by atoms with E-state index in [2.05, 4.69) is 12.2 Å². The molecule has 0 aliphatic rings. The maximum Gasteiger partial charge on any atom is 0.230 e. The van der Waals surface area contributed by atoms with Gasteiger partial charge in [-0.3, -0.25) is 4.79 Å². The van der Waals surface area contributed by atoms with Gasteiger partial charge in [0.15, 0.2) is 0 Å². The van der Waals surface area contributed by atoms with Gasteiger partial charge in [-0.1, -0.05) is 13.0 Å². The SMILES string of the molecule is CC(CCN)SCC(=O)NC(C)c1cccs1. The van der Waals surface area contributed by atoms with Crippen LogP contribution in [-0.4, -0.2) is 23.5 Å². The van der Waals surface area contributed by atoms with Crippen LogP contribution in [0.3, 0.4) is 0 Å². The second-order valence-electron chi connectivity index (χ2n) is 4.00. The van der Waals surface area contributed by atoms with Gasteiger partial charge in [-0.05, 0) is 31.3 Å². The topological polar surface area (TPSA) is 55.1 Å². The number of nitrogens with two attached hydrogens (primary N) is 1. The lowest BCUT2D eigenvalue weighted by Crippen LogP contribution is -2.28. The van der Waals surface area contributed by atoms with Gasteiger partial charge in [-0.2, -0.15) is 0 Å². The normalized spacial score (nSPS) is 14.3. The summed E-state index contributed by atoms with van der Waals surface area (Å²) in [5.74, 6) is 0.608. The average molecular weight is 272 g/mol. The van der Waals surface area contributed by atoms with E-state index < -0.39 is 0 Å². The molecule has 1 rings (SSSR count). The summed E-state index contributed by atoms with van der Waals surface area (Å²) in [5, 5.41) is 5.47. The molecule has 1 aromatic heterocycles. The van der Waals surface area contributed by atoms with Crippen LogP contribution < -0.4 is 11.1 Å². The number of hydrogen-bond donors (Lipinski definition) is 2. The van der Waals surface area contributed by atoms with E-state index in [1.54, 1.807) is 23.1 Å². The van der Waals surface area contributed by atoms with Crippen molar-refractivity contribution in [2.45, 2.75) is 31.6 Å².